The molecule has 1 saturated heterocycles. The van der Waals surface area contributed by atoms with Crippen molar-refractivity contribution in [2.75, 3.05) is 23.3 Å². The van der Waals surface area contributed by atoms with Gasteiger partial charge in [0.05, 0.1) is 0 Å². The fraction of sp³-hybridized carbons (Fsp3) is 0.300. The number of aromatic nitrogens is 5. The summed E-state index contributed by atoms with van der Waals surface area (Å²) in [6, 6.07) is 10.7. The molecule has 1 aromatic carbocycles. The van der Waals surface area contributed by atoms with Gasteiger partial charge in [-0.2, -0.15) is 9.36 Å². The molecule has 148 valence electrons. The Labute approximate surface area is 171 Å². The van der Waals surface area contributed by atoms with Gasteiger partial charge in [-0.1, -0.05) is 12.1 Å². The molecular formula is C20H20FN7S. The minimum Gasteiger partial charge on any atom is -0.350 e. The molecular weight excluding hydrogens is 389 g/mol. The first-order valence-corrected chi connectivity index (χ1v) is 10.4. The lowest BCUT2D eigenvalue weighted by molar-refractivity contribution is 0.523. The Morgan fingerprint density at radius 3 is 2.62 bits per heavy atom. The van der Waals surface area contributed by atoms with Crippen molar-refractivity contribution < 1.29 is 4.39 Å². The van der Waals surface area contributed by atoms with Crippen molar-refractivity contribution in [3.8, 4) is 11.1 Å². The molecule has 0 bridgehead atoms. The maximum absolute atomic E-state index is 13.3. The third-order valence-electron chi connectivity index (χ3n) is 5.13. The zero-order chi connectivity index (χ0) is 19.8. The maximum atomic E-state index is 13.3. The molecule has 1 aliphatic rings. The Balaban J connectivity index is 1.31. The minimum atomic E-state index is -0.250. The van der Waals surface area contributed by atoms with Gasteiger partial charge in [-0.3, -0.25) is 0 Å². The molecule has 5 rings (SSSR count). The maximum Gasteiger partial charge on any atom is 0.243 e. The highest BCUT2D eigenvalue weighted by Gasteiger charge is 2.22. The van der Waals surface area contributed by atoms with Gasteiger partial charge in [-0.05, 0) is 49.6 Å². The molecule has 0 atom stereocenters. The Hall–Kier alpha value is -3.07. The molecule has 1 N–H and O–H groups in total. The van der Waals surface area contributed by atoms with Gasteiger partial charge in [-0.15, -0.1) is 5.10 Å². The third-order valence-corrected chi connectivity index (χ3v) is 6.00. The number of aryl methyl sites for hydroxylation is 1. The second-order valence-corrected chi connectivity index (χ2v) is 7.89. The summed E-state index contributed by atoms with van der Waals surface area (Å²) in [5, 5.41) is 9.05. The van der Waals surface area contributed by atoms with Crippen LogP contribution in [0.3, 0.4) is 0 Å². The SMILES string of the molecule is Cc1nsc(N2CCC(Nc3nc4c(-c5ccc(F)cc5)cccn4n3)CC2)n1. The third kappa shape index (κ3) is 3.65. The van der Waals surface area contributed by atoms with Crippen molar-refractivity contribution >= 4 is 28.3 Å². The predicted octanol–water partition coefficient (Wildman–Crippen LogP) is 3.78. The van der Waals surface area contributed by atoms with E-state index in [1.165, 1.54) is 23.7 Å². The molecule has 0 saturated carbocycles. The second-order valence-electron chi connectivity index (χ2n) is 7.16. The summed E-state index contributed by atoms with van der Waals surface area (Å²) >= 11 is 1.46. The lowest BCUT2D eigenvalue weighted by atomic mass is 10.1. The molecule has 0 amide bonds. The highest BCUT2D eigenvalue weighted by atomic mass is 32.1. The van der Waals surface area contributed by atoms with Crippen molar-refractivity contribution in [3.05, 3.63) is 54.2 Å². The molecule has 4 aromatic rings. The summed E-state index contributed by atoms with van der Waals surface area (Å²) in [4.78, 5) is 11.5. The van der Waals surface area contributed by atoms with E-state index in [1.807, 2.05) is 25.3 Å². The van der Waals surface area contributed by atoms with Crippen LogP contribution in [-0.4, -0.2) is 43.1 Å². The van der Waals surface area contributed by atoms with Gasteiger partial charge in [0.1, 0.15) is 11.6 Å². The number of pyridine rings is 1. The quantitative estimate of drug-likeness (QED) is 0.553. The number of nitrogens with one attached hydrogen (secondary N) is 1. The Kier molecular flexibility index (Phi) is 4.59. The van der Waals surface area contributed by atoms with Gasteiger partial charge in [0, 0.05) is 42.4 Å². The van der Waals surface area contributed by atoms with E-state index in [1.54, 1.807) is 16.6 Å². The van der Waals surface area contributed by atoms with E-state index in [-0.39, 0.29) is 5.82 Å². The minimum absolute atomic E-state index is 0.250. The number of benzene rings is 1. The van der Waals surface area contributed by atoms with Crippen LogP contribution in [0.4, 0.5) is 15.5 Å². The largest absolute Gasteiger partial charge is 0.350 e. The van der Waals surface area contributed by atoms with Crippen molar-refractivity contribution in [2.45, 2.75) is 25.8 Å². The molecule has 1 fully saturated rings. The van der Waals surface area contributed by atoms with E-state index >= 15 is 0 Å². The van der Waals surface area contributed by atoms with Gasteiger partial charge in [0.25, 0.3) is 0 Å². The standard InChI is InChI=1S/C20H20FN7S/c1-13-22-20(29-26-13)27-11-8-16(9-12-27)23-19-24-18-17(3-2-10-28(18)25-19)14-4-6-15(21)7-5-14/h2-7,10,16H,8-9,11-12H2,1H3,(H,23,25). The lowest BCUT2D eigenvalue weighted by Gasteiger charge is -2.31. The first kappa shape index (κ1) is 18.0. The molecule has 0 aliphatic carbocycles. The fourth-order valence-corrected chi connectivity index (χ4v) is 4.36. The van der Waals surface area contributed by atoms with Crippen LogP contribution in [0, 0.1) is 12.7 Å². The number of hydrogen-bond acceptors (Lipinski definition) is 7. The second kappa shape index (κ2) is 7.40. The monoisotopic (exact) mass is 409 g/mol. The summed E-state index contributed by atoms with van der Waals surface area (Å²) in [5.74, 6) is 1.19. The highest BCUT2D eigenvalue weighted by Crippen LogP contribution is 2.26. The molecule has 0 spiro atoms. The van der Waals surface area contributed by atoms with E-state index in [0.717, 1.165) is 53.7 Å². The molecule has 3 aromatic heterocycles. The van der Waals surface area contributed by atoms with Crippen molar-refractivity contribution in [1.29, 1.82) is 0 Å². The smallest absolute Gasteiger partial charge is 0.243 e. The lowest BCUT2D eigenvalue weighted by Crippen LogP contribution is -2.39. The first-order chi connectivity index (χ1) is 14.2. The number of nitrogens with zero attached hydrogens (tertiary/aromatic N) is 6. The van der Waals surface area contributed by atoms with E-state index in [9.17, 15) is 4.39 Å². The summed E-state index contributed by atoms with van der Waals surface area (Å²) < 4.78 is 19.3. The van der Waals surface area contributed by atoms with Crippen LogP contribution in [0.1, 0.15) is 18.7 Å². The Morgan fingerprint density at radius 1 is 1.10 bits per heavy atom. The van der Waals surface area contributed by atoms with Crippen molar-refractivity contribution in [2.24, 2.45) is 0 Å². The van der Waals surface area contributed by atoms with Gasteiger partial charge in [-0.25, -0.2) is 13.9 Å². The number of piperidine rings is 1. The first-order valence-electron chi connectivity index (χ1n) is 9.59. The zero-order valence-corrected chi connectivity index (χ0v) is 16.7. The molecule has 0 unspecified atom stereocenters. The average Bonchev–Trinajstić information content (AvgIpc) is 3.35. The number of fused-ring (bicyclic) bond motifs is 1. The molecule has 4 heterocycles. The topological polar surface area (TPSA) is 71.2 Å². The zero-order valence-electron chi connectivity index (χ0n) is 15.9. The summed E-state index contributed by atoms with van der Waals surface area (Å²) in [6.45, 7) is 3.78. The van der Waals surface area contributed by atoms with E-state index < -0.39 is 0 Å². The molecule has 1 aliphatic heterocycles. The highest BCUT2D eigenvalue weighted by molar-refractivity contribution is 7.09. The number of anilines is 2. The van der Waals surface area contributed by atoms with Gasteiger partial charge in [0.2, 0.25) is 11.1 Å². The normalized spacial score (nSPS) is 15.2. The van der Waals surface area contributed by atoms with E-state index in [0.29, 0.717) is 12.0 Å². The predicted molar refractivity (Wildman–Crippen MR) is 112 cm³/mol. The number of hydrogen-bond donors (Lipinski definition) is 1. The molecule has 7 nitrogen and oxygen atoms in total. The molecule has 0 radical (unpaired) electrons. The van der Waals surface area contributed by atoms with Crippen LogP contribution in [-0.2, 0) is 0 Å². The summed E-state index contributed by atoms with van der Waals surface area (Å²) in [7, 11) is 0. The Morgan fingerprint density at radius 2 is 1.90 bits per heavy atom. The molecule has 29 heavy (non-hydrogen) atoms. The fourth-order valence-electron chi connectivity index (χ4n) is 3.63. The number of halogens is 1. The van der Waals surface area contributed by atoms with Crippen LogP contribution in [0.2, 0.25) is 0 Å². The van der Waals surface area contributed by atoms with E-state index in [4.69, 9.17) is 4.98 Å². The van der Waals surface area contributed by atoms with E-state index in [2.05, 4.69) is 24.7 Å². The van der Waals surface area contributed by atoms with Gasteiger partial charge in [0.15, 0.2) is 5.65 Å². The Bertz CT molecular complexity index is 1130. The van der Waals surface area contributed by atoms with Crippen LogP contribution in [0.5, 0.6) is 0 Å². The van der Waals surface area contributed by atoms with Crippen LogP contribution >= 0.6 is 11.5 Å². The van der Waals surface area contributed by atoms with Crippen LogP contribution in [0.15, 0.2) is 42.6 Å². The number of rotatable bonds is 4. The summed E-state index contributed by atoms with van der Waals surface area (Å²) in [5.41, 5.74) is 2.59. The van der Waals surface area contributed by atoms with Crippen molar-refractivity contribution in [1.82, 2.24) is 24.0 Å². The van der Waals surface area contributed by atoms with Crippen LogP contribution < -0.4 is 10.2 Å². The molecule has 9 heteroatoms. The van der Waals surface area contributed by atoms with Gasteiger partial charge >= 0.3 is 0 Å². The van der Waals surface area contributed by atoms with Gasteiger partial charge < -0.3 is 10.2 Å². The van der Waals surface area contributed by atoms with Crippen molar-refractivity contribution in [3.63, 3.8) is 0 Å². The summed E-state index contributed by atoms with van der Waals surface area (Å²) in [6.07, 6.45) is 3.85. The van der Waals surface area contributed by atoms with Crippen LogP contribution in [0.25, 0.3) is 16.8 Å². The average molecular weight is 409 g/mol.